The van der Waals surface area contributed by atoms with Crippen LogP contribution < -0.4 is 11.1 Å². The van der Waals surface area contributed by atoms with E-state index < -0.39 is 18.2 Å². The average Bonchev–Trinajstić information content (AvgIpc) is 3.19. The van der Waals surface area contributed by atoms with Crippen molar-refractivity contribution in [3.05, 3.63) is 35.9 Å². The van der Waals surface area contributed by atoms with Gasteiger partial charge in [-0.05, 0) is 18.4 Å². The molecule has 2 fully saturated rings. The number of fused-ring (bicyclic) bond motifs is 1. The van der Waals surface area contributed by atoms with Crippen molar-refractivity contribution in [2.45, 2.75) is 37.4 Å². The van der Waals surface area contributed by atoms with Crippen LogP contribution in [0.25, 0.3) is 0 Å². The molecule has 132 valence electrons. The van der Waals surface area contributed by atoms with Gasteiger partial charge >= 0.3 is 6.09 Å². The van der Waals surface area contributed by atoms with Crippen molar-refractivity contribution < 1.29 is 24.1 Å². The van der Waals surface area contributed by atoms with Gasteiger partial charge in [0.25, 0.3) is 0 Å². The Bertz CT molecular complexity index is 541. The zero-order valence-corrected chi connectivity index (χ0v) is 13.5. The molecule has 0 bridgehead atoms. The van der Waals surface area contributed by atoms with Gasteiger partial charge in [-0.3, -0.25) is 0 Å². The maximum absolute atomic E-state index is 12.2. The Morgan fingerprint density at radius 3 is 2.92 bits per heavy atom. The third-order valence-electron chi connectivity index (χ3n) is 4.55. The molecule has 1 aromatic rings. The molecule has 7 heteroatoms. The second kappa shape index (κ2) is 7.94. The number of hydrogen-bond acceptors (Lipinski definition) is 6. The number of nitrogens with two attached hydrogens (primary N) is 1. The van der Waals surface area contributed by atoms with Gasteiger partial charge in [0.05, 0.1) is 31.3 Å². The van der Waals surface area contributed by atoms with E-state index in [2.05, 4.69) is 5.32 Å². The van der Waals surface area contributed by atoms with E-state index in [4.69, 9.17) is 19.9 Å². The minimum absolute atomic E-state index is 0.0584. The molecule has 0 spiro atoms. The van der Waals surface area contributed by atoms with Gasteiger partial charge in [-0.2, -0.15) is 0 Å². The maximum atomic E-state index is 12.2. The summed E-state index contributed by atoms with van der Waals surface area (Å²) in [4.78, 5) is 12.2. The fraction of sp³-hybridized carbons (Fsp3) is 0.588. The molecule has 2 saturated heterocycles. The summed E-state index contributed by atoms with van der Waals surface area (Å²) >= 11 is 0. The topological polar surface area (TPSA) is 103 Å². The summed E-state index contributed by atoms with van der Waals surface area (Å²) in [6, 6.07) is 9.11. The Morgan fingerprint density at radius 2 is 2.17 bits per heavy atom. The fourth-order valence-electron chi connectivity index (χ4n) is 3.19. The lowest BCUT2D eigenvalue weighted by Gasteiger charge is -2.24. The van der Waals surface area contributed by atoms with E-state index in [0.717, 1.165) is 12.0 Å². The normalized spacial score (nSPS) is 28.2. The molecule has 5 atom stereocenters. The molecule has 0 aromatic heterocycles. The maximum Gasteiger partial charge on any atom is 0.407 e. The minimum Gasteiger partial charge on any atom is -0.443 e. The smallest absolute Gasteiger partial charge is 0.407 e. The Kier molecular flexibility index (Phi) is 5.68. The molecule has 2 aliphatic heterocycles. The number of rotatable bonds is 6. The van der Waals surface area contributed by atoms with Crippen molar-refractivity contribution in [2.75, 3.05) is 19.8 Å². The van der Waals surface area contributed by atoms with E-state index in [1.54, 1.807) is 0 Å². The zero-order chi connectivity index (χ0) is 16.9. The van der Waals surface area contributed by atoms with Crippen LogP contribution in [0.2, 0.25) is 0 Å². The lowest BCUT2D eigenvalue weighted by molar-refractivity contribution is -0.0907. The third-order valence-corrected chi connectivity index (χ3v) is 4.55. The first-order valence-electron chi connectivity index (χ1n) is 8.30. The number of carbonyl (C=O) groups excluding carboxylic acids is 1. The summed E-state index contributed by atoms with van der Waals surface area (Å²) in [6.45, 7) is 1.02. The van der Waals surface area contributed by atoms with Crippen LogP contribution in [0.4, 0.5) is 4.79 Å². The highest BCUT2D eigenvalue weighted by Crippen LogP contribution is 2.32. The third kappa shape index (κ3) is 4.05. The molecule has 0 aliphatic carbocycles. The summed E-state index contributed by atoms with van der Waals surface area (Å²) in [5.74, 6) is 0.0859. The van der Waals surface area contributed by atoms with Gasteiger partial charge in [-0.25, -0.2) is 4.79 Å². The number of benzene rings is 1. The van der Waals surface area contributed by atoms with Crippen LogP contribution in [0, 0.1) is 5.92 Å². The van der Waals surface area contributed by atoms with Crippen molar-refractivity contribution in [2.24, 2.45) is 11.7 Å². The van der Waals surface area contributed by atoms with Crippen LogP contribution in [0.15, 0.2) is 30.3 Å². The molecule has 7 nitrogen and oxygen atoms in total. The molecule has 0 radical (unpaired) electrons. The van der Waals surface area contributed by atoms with E-state index in [9.17, 15) is 9.90 Å². The molecule has 1 aromatic carbocycles. The highest BCUT2D eigenvalue weighted by atomic mass is 16.7. The van der Waals surface area contributed by atoms with E-state index in [0.29, 0.717) is 19.6 Å². The second-order valence-corrected chi connectivity index (χ2v) is 6.21. The molecule has 4 N–H and O–H groups in total. The number of aliphatic hydroxyl groups is 1. The molecule has 1 amide bonds. The van der Waals surface area contributed by atoms with Crippen LogP contribution in [0.5, 0.6) is 0 Å². The predicted molar refractivity (Wildman–Crippen MR) is 86.2 cm³/mol. The van der Waals surface area contributed by atoms with Gasteiger partial charge in [0.15, 0.2) is 6.29 Å². The van der Waals surface area contributed by atoms with E-state index in [1.165, 1.54) is 0 Å². The second-order valence-electron chi connectivity index (χ2n) is 6.21. The summed E-state index contributed by atoms with van der Waals surface area (Å²) < 4.78 is 16.4. The van der Waals surface area contributed by atoms with E-state index in [-0.39, 0.29) is 24.9 Å². The molecule has 24 heavy (non-hydrogen) atoms. The van der Waals surface area contributed by atoms with Crippen LogP contribution in [0.1, 0.15) is 12.0 Å². The van der Waals surface area contributed by atoms with Crippen molar-refractivity contribution in [3.8, 4) is 0 Å². The minimum atomic E-state index is -0.847. The van der Waals surface area contributed by atoms with Gasteiger partial charge in [0.1, 0.15) is 6.10 Å². The van der Waals surface area contributed by atoms with Crippen LogP contribution in [-0.4, -0.2) is 55.5 Å². The SMILES string of the molecule is NC[C@@H](O)[C@H](Cc1ccccc1)NC(=O)OC1COC2OCCC12. The van der Waals surface area contributed by atoms with Gasteiger partial charge < -0.3 is 30.4 Å². The summed E-state index contributed by atoms with van der Waals surface area (Å²) in [7, 11) is 0. The molecule has 3 unspecified atom stereocenters. The van der Waals surface area contributed by atoms with E-state index >= 15 is 0 Å². The molecule has 0 saturated carbocycles. The van der Waals surface area contributed by atoms with Gasteiger partial charge in [0, 0.05) is 6.54 Å². The first kappa shape index (κ1) is 17.2. The quantitative estimate of drug-likeness (QED) is 0.695. The van der Waals surface area contributed by atoms with Crippen LogP contribution in [0.3, 0.4) is 0 Å². The average molecular weight is 336 g/mol. The van der Waals surface area contributed by atoms with Gasteiger partial charge in [-0.1, -0.05) is 30.3 Å². The fourth-order valence-corrected chi connectivity index (χ4v) is 3.19. The first-order chi connectivity index (χ1) is 11.7. The number of amides is 1. The number of carbonyl (C=O) groups is 1. The number of hydrogen-bond donors (Lipinski definition) is 3. The largest absolute Gasteiger partial charge is 0.443 e. The van der Waals surface area contributed by atoms with E-state index in [1.807, 2.05) is 30.3 Å². The van der Waals surface area contributed by atoms with Crippen LogP contribution >= 0.6 is 0 Å². The molecule has 3 rings (SSSR count). The lowest BCUT2D eigenvalue weighted by Crippen LogP contribution is -2.49. The van der Waals surface area contributed by atoms with Crippen molar-refractivity contribution in [1.82, 2.24) is 5.32 Å². The predicted octanol–water partition coefficient (Wildman–Crippen LogP) is 0.405. The number of aliphatic hydroxyl groups excluding tert-OH is 1. The lowest BCUT2D eigenvalue weighted by atomic mass is 10.0. The van der Waals surface area contributed by atoms with Gasteiger partial charge in [-0.15, -0.1) is 0 Å². The number of alkyl carbamates (subject to hydrolysis) is 1. The summed E-state index contributed by atoms with van der Waals surface area (Å²) in [5.41, 5.74) is 6.56. The Labute approximate surface area is 141 Å². The first-order valence-corrected chi connectivity index (χ1v) is 8.30. The highest BCUT2D eigenvalue weighted by Gasteiger charge is 2.44. The molecular weight excluding hydrogens is 312 g/mol. The highest BCUT2D eigenvalue weighted by molar-refractivity contribution is 5.68. The Morgan fingerprint density at radius 1 is 1.38 bits per heavy atom. The van der Waals surface area contributed by atoms with Crippen molar-refractivity contribution in [3.63, 3.8) is 0 Å². The Hall–Kier alpha value is -1.67. The molecule has 2 heterocycles. The van der Waals surface area contributed by atoms with Crippen LogP contribution in [-0.2, 0) is 20.6 Å². The summed E-state index contributed by atoms with van der Waals surface area (Å²) in [5, 5.41) is 12.8. The molecular formula is C17H24N2O5. The zero-order valence-electron chi connectivity index (χ0n) is 13.5. The monoisotopic (exact) mass is 336 g/mol. The molecule has 2 aliphatic rings. The van der Waals surface area contributed by atoms with Crippen molar-refractivity contribution in [1.29, 1.82) is 0 Å². The Balaban J connectivity index is 1.56. The number of ether oxygens (including phenoxy) is 3. The standard InChI is InChI=1S/C17H24N2O5/c18-9-14(20)13(8-11-4-2-1-3-5-11)19-17(21)24-15-10-23-16-12(15)6-7-22-16/h1-5,12-16,20H,6-10,18H2,(H,19,21)/t12?,13-,14+,15?,16?/m0/s1. The van der Waals surface area contributed by atoms with Gasteiger partial charge in [0.2, 0.25) is 0 Å². The number of nitrogens with one attached hydrogen (secondary N) is 1. The van der Waals surface area contributed by atoms with Crippen molar-refractivity contribution >= 4 is 6.09 Å². The summed E-state index contributed by atoms with van der Waals surface area (Å²) in [6.07, 6.45) is -0.696.